The maximum absolute atomic E-state index is 14.1. The van der Waals surface area contributed by atoms with Crippen LogP contribution in [0.15, 0.2) is 48.5 Å². The number of halogens is 2. The number of nitrogens with one attached hydrogen (secondary N) is 1. The SMILES string of the molecule is Fc1c(Cl)cccc1OC(c1ccccc1)[C@@H]1CNCCO1. The van der Waals surface area contributed by atoms with Crippen LogP contribution in [0, 0.1) is 5.82 Å². The van der Waals surface area contributed by atoms with Crippen LogP contribution < -0.4 is 10.1 Å². The fourth-order valence-corrected chi connectivity index (χ4v) is 2.66. The first-order valence-corrected chi connectivity index (χ1v) is 7.61. The van der Waals surface area contributed by atoms with Gasteiger partial charge in [-0.25, -0.2) is 4.39 Å². The molecule has 2 atom stereocenters. The molecular formula is C17H17ClFNO2. The molecule has 5 heteroatoms. The van der Waals surface area contributed by atoms with Gasteiger partial charge in [-0.1, -0.05) is 48.0 Å². The van der Waals surface area contributed by atoms with Gasteiger partial charge in [-0.05, 0) is 17.7 Å². The molecule has 22 heavy (non-hydrogen) atoms. The van der Waals surface area contributed by atoms with Crippen molar-refractivity contribution in [2.24, 2.45) is 0 Å². The Kier molecular flexibility index (Phi) is 4.93. The summed E-state index contributed by atoms with van der Waals surface area (Å²) < 4.78 is 25.9. The second kappa shape index (κ2) is 7.09. The zero-order valence-electron chi connectivity index (χ0n) is 12.0. The Morgan fingerprint density at radius 1 is 1.18 bits per heavy atom. The zero-order chi connectivity index (χ0) is 15.4. The second-order valence-corrected chi connectivity index (χ2v) is 5.52. The Hall–Kier alpha value is -1.62. The van der Waals surface area contributed by atoms with Gasteiger partial charge in [-0.15, -0.1) is 0 Å². The third-order valence-corrected chi connectivity index (χ3v) is 3.88. The summed E-state index contributed by atoms with van der Waals surface area (Å²) in [5, 5.41) is 3.32. The molecule has 0 radical (unpaired) electrons. The van der Waals surface area contributed by atoms with Crippen LogP contribution in [0.2, 0.25) is 5.02 Å². The van der Waals surface area contributed by atoms with Crippen molar-refractivity contribution < 1.29 is 13.9 Å². The van der Waals surface area contributed by atoms with E-state index < -0.39 is 11.9 Å². The smallest absolute Gasteiger partial charge is 0.183 e. The maximum Gasteiger partial charge on any atom is 0.183 e. The molecule has 1 N–H and O–H groups in total. The van der Waals surface area contributed by atoms with Crippen LogP contribution in [-0.4, -0.2) is 25.8 Å². The molecule has 0 spiro atoms. The van der Waals surface area contributed by atoms with E-state index in [9.17, 15) is 4.39 Å². The zero-order valence-corrected chi connectivity index (χ0v) is 12.7. The Morgan fingerprint density at radius 3 is 2.73 bits per heavy atom. The maximum atomic E-state index is 14.1. The molecule has 1 aliphatic heterocycles. The largest absolute Gasteiger partial charge is 0.480 e. The summed E-state index contributed by atoms with van der Waals surface area (Å²) in [5.74, 6) is -0.413. The lowest BCUT2D eigenvalue weighted by atomic mass is 10.0. The lowest BCUT2D eigenvalue weighted by Crippen LogP contribution is -2.43. The predicted octanol–water partition coefficient (Wildman–Crippen LogP) is 3.59. The summed E-state index contributed by atoms with van der Waals surface area (Å²) in [6.45, 7) is 2.07. The van der Waals surface area contributed by atoms with Gasteiger partial charge in [0.05, 0.1) is 11.6 Å². The Morgan fingerprint density at radius 2 is 2.00 bits per heavy atom. The van der Waals surface area contributed by atoms with Crippen LogP contribution in [0.25, 0.3) is 0 Å². The number of rotatable bonds is 4. The first-order chi connectivity index (χ1) is 10.8. The average Bonchev–Trinajstić information content (AvgIpc) is 2.58. The standard InChI is InChI=1S/C17H17ClFNO2/c18-13-7-4-8-14(16(13)19)22-17(12-5-2-1-3-6-12)15-11-20-9-10-21-15/h1-8,15,17,20H,9-11H2/t15-,17?/m0/s1. The summed E-state index contributed by atoms with van der Waals surface area (Å²) >= 11 is 5.83. The summed E-state index contributed by atoms with van der Waals surface area (Å²) in [6.07, 6.45) is -0.587. The Labute approximate surface area is 134 Å². The lowest BCUT2D eigenvalue weighted by molar-refractivity contribution is -0.0442. The highest BCUT2D eigenvalue weighted by molar-refractivity contribution is 6.30. The minimum Gasteiger partial charge on any atom is -0.480 e. The van der Waals surface area contributed by atoms with Crippen molar-refractivity contribution in [3.05, 3.63) is 64.9 Å². The van der Waals surface area contributed by atoms with Crippen molar-refractivity contribution in [1.29, 1.82) is 0 Å². The predicted molar refractivity (Wildman–Crippen MR) is 83.8 cm³/mol. The molecule has 1 saturated heterocycles. The number of benzene rings is 2. The van der Waals surface area contributed by atoms with Crippen molar-refractivity contribution in [1.82, 2.24) is 5.32 Å². The Bertz CT molecular complexity index is 617. The molecule has 0 aliphatic carbocycles. The summed E-state index contributed by atoms with van der Waals surface area (Å²) in [5.41, 5.74) is 0.940. The molecule has 1 unspecified atom stereocenters. The fourth-order valence-electron chi connectivity index (χ4n) is 2.49. The molecule has 116 valence electrons. The molecule has 0 aromatic heterocycles. The van der Waals surface area contributed by atoms with E-state index in [0.29, 0.717) is 13.2 Å². The topological polar surface area (TPSA) is 30.5 Å². The van der Waals surface area contributed by atoms with Gasteiger partial charge < -0.3 is 14.8 Å². The molecule has 2 aromatic carbocycles. The molecule has 2 aromatic rings. The molecule has 0 amide bonds. The fraction of sp³-hybridized carbons (Fsp3) is 0.294. The molecule has 0 saturated carbocycles. The summed E-state index contributed by atoms with van der Waals surface area (Å²) in [7, 11) is 0. The van der Waals surface area contributed by atoms with Crippen LogP contribution in [-0.2, 0) is 4.74 Å². The molecular weight excluding hydrogens is 305 g/mol. The normalized spacial score (nSPS) is 19.6. The van der Waals surface area contributed by atoms with Gasteiger partial charge in [-0.2, -0.15) is 0 Å². The van der Waals surface area contributed by atoms with E-state index in [1.54, 1.807) is 12.1 Å². The highest BCUT2D eigenvalue weighted by atomic mass is 35.5. The van der Waals surface area contributed by atoms with E-state index in [1.807, 2.05) is 30.3 Å². The van der Waals surface area contributed by atoms with Crippen LogP contribution >= 0.6 is 11.6 Å². The van der Waals surface area contributed by atoms with Crippen LogP contribution in [0.5, 0.6) is 5.75 Å². The summed E-state index contributed by atoms with van der Waals surface area (Å²) in [4.78, 5) is 0. The van der Waals surface area contributed by atoms with E-state index in [4.69, 9.17) is 21.1 Å². The minimum absolute atomic E-state index is 0.0481. The van der Waals surface area contributed by atoms with Crippen LogP contribution in [0.1, 0.15) is 11.7 Å². The van der Waals surface area contributed by atoms with Crippen molar-refractivity contribution in [3.8, 4) is 5.75 Å². The van der Waals surface area contributed by atoms with Crippen molar-refractivity contribution in [2.45, 2.75) is 12.2 Å². The molecule has 3 rings (SSSR count). The Balaban J connectivity index is 1.89. The summed E-state index contributed by atoms with van der Waals surface area (Å²) in [6, 6.07) is 14.4. The van der Waals surface area contributed by atoms with Crippen LogP contribution in [0.4, 0.5) is 4.39 Å². The van der Waals surface area contributed by atoms with Gasteiger partial charge in [0, 0.05) is 13.1 Å². The van der Waals surface area contributed by atoms with Gasteiger partial charge in [0.25, 0.3) is 0 Å². The van der Waals surface area contributed by atoms with E-state index in [2.05, 4.69) is 5.32 Å². The lowest BCUT2D eigenvalue weighted by Gasteiger charge is -2.31. The molecule has 1 fully saturated rings. The van der Waals surface area contributed by atoms with E-state index >= 15 is 0 Å². The van der Waals surface area contributed by atoms with Gasteiger partial charge in [0.15, 0.2) is 17.7 Å². The van der Waals surface area contributed by atoms with Crippen LogP contribution in [0.3, 0.4) is 0 Å². The quantitative estimate of drug-likeness (QED) is 0.933. The minimum atomic E-state index is -0.547. The molecule has 1 heterocycles. The molecule has 3 nitrogen and oxygen atoms in total. The third kappa shape index (κ3) is 3.40. The van der Waals surface area contributed by atoms with Gasteiger partial charge in [0.2, 0.25) is 0 Å². The van der Waals surface area contributed by atoms with E-state index in [1.165, 1.54) is 6.07 Å². The van der Waals surface area contributed by atoms with Gasteiger partial charge in [0.1, 0.15) is 6.10 Å². The number of hydrogen-bond acceptors (Lipinski definition) is 3. The monoisotopic (exact) mass is 321 g/mol. The van der Waals surface area contributed by atoms with Gasteiger partial charge in [-0.3, -0.25) is 0 Å². The number of morpholine rings is 1. The van der Waals surface area contributed by atoms with Crippen molar-refractivity contribution in [3.63, 3.8) is 0 Å². The molecule has 0 bridgehead atoms. The third-order valence-electron chi connectivity index (χ3n) is 3.59. The second-order valence-electron chi connectivity index (χ2n) is 5.11. The molecule has 1 aliphatic rings. The van der Waals surface area contributed by atoms with Gasteiger partial charge >= 0.3 is 0 Å². The number of ether oxygens (including phenoxy) is 2. The first-order valence-electron chi connectivity index (χ1n) is 7.23. The first kappa shape index (κ1) is 15.3. The van der Waals surface area contributed by atoms with E-state index in [-0.39, 0.29) is 16.9 Å². The average molecular weight is 322 g/mol. The highest BCUT2D eigenvalue weighted by Gasteiger charge is 2.28. The van der Waals surface area contributed by atoms with Crippen molar-refractivity contribution >= 4 is 11.6 Å². The number of hydrogen-bond donors (Lipinski definition) is 1. The van der Waals surface area contributed by atoms with Crippen molar-refractivity contribution in [2.75, 3.05) is 19.7 Å². The highest BCUT2D eigenvalue weighted by Crippen LogP contribution is 2.31. The van der Waals surface area contributed by atoms with E-state index in [0.717, 1.165) is 12.1 Å².